The second-order valence-electron chi connectivity index (χ2n) is 11.9. The number of likely N-dealkylation sites (N-methyl/N-ethyl adjacent to an activating group) is 2. The number of nitrogens with zero attached hydrogens (tertiary/aromatic N) is 2. The second kappa shape index (κ2) is 43.3. The number of carbonyl (C=O) groups excluding carboxylic acids is 8. The van der Waals surface area contributed by atoms with Crippen molar-refractivity contribution >= 4 is 208 Å². The fraction of sp³-hybridized carbons (Fsp3) is 0.657. The number of rotatable bonds is 23. The molecule has 2 atom stereocenters. The Hall–Kier alpha value is 1.26. The predicted molar refractivity (Wildman–Crippen MR) is 305 cm³/mol. The molecule has 2 unspecified atom stereocenters. The maximum atomic E-state index is 11.9. The maximum absolute atomic E-state index is 11.9. The summed E-state index contributed by atoms with van der Waals surface area (Å²) in [7, 11) is 19.4. The molecule has 0 aliphatic carbocycles. The molecule has 6 aliphatic rings. The summed E-state index contributed by atoms with van der Waals surface area (Å²) in [6, 6.07) is -0.235. The van der Waals surface area contributed by atoms with Crippen LogP contribution in [0, 0.1) is 0 Å². The predicted octanol–water partition coefficient (Wildman–Crippen LogP) is 9.01. The Balaban J connectivity index is -0.000000870. The van der Waals surface area contributed by atoms with E-state index in [0.29, 0.717) is 13.1 Å². The van der Waals surface area contributed by atoms with Gasteiger partial charge in [-0.3, -0.25) is 48.2 Å². The summed E-state index contributed by atoms with van der Waals surface area (Å²) in [5.74, 6) is -1.38. The monoisotopic (exact) mass is 1330 g/mol. The molecule has 0 aromatic heterocycles. The molecule has 28 heteroatoms. The van der Waals surface area contributed by atoms with Crippen LogP contribution >= 0.6 is 138 Å². The minimum atomic E-state index is -0.373. The Morgan fingerprint density at radius 2 is 0.905 bits per heavy atom. The van der Waals surface area contributed by atoms with Crippen LogP contribution in [0.15, 0.2) is 24.3 Å². The molecule has 6 rings (SSSR count). The first-order valence-corrected chi connectivity index (χ1v) is 38.3. The van der Waals surface area contributed by atoms with E-state index >= 15 is 0 Å². The van der Waals surface area contributed by atoms with Gasteiger partial charge in [0.15, 0.2) is 11.6 Å². The number of Topliss-reactive ketones (excluding diaryl/α,β-unsaturated/α-hetero) is 2. The lowest BCUT2D eigenvalue weighted by Gasteiger charge is -2.14. The third-order valence-electron chi connectivity index (χ3n) is 7.91. The summed E-state index contributed by atoms with van der Waals surface area (Å²) in [6.45, 7) is 1.25. The van der Waals surface area contributed by atoms with Crippen LogP contribution in [-0.4, -0.2) is 129 Å². The van der Waals surface area contributed by atoms with Crippen LogP contribution in [-0.2, 0) is 62.0 Å². The van der Waals surface area contributed by atoms with Gasteiger partial charge in [0, 0.05) is 115 Å². The molecular weight excluding hydrogens is 1270 g/mol. The third kappa shape index (κ3) is 35.1. The highest BCUT2D eigenvalue weighted by Crippen LogP contribution is 2.54. The zero-order chi connectivity index (χ0) is 44.7. The molecule has 0 aromatic carbocycles. The van der Waals surface area contributed by atoms with E-state index in [1.807, 2.05) is 43.2 Å². The molecule has 0 radical (unpaired) electrons. The summed E-state index contributed by atoms with van der Waals surface area (Å²) in [5, 5.41) is 14.3. The Labute approximate surface area is 442 Å². The number of unbranched alkanes of at least 4 members (excludes halogenated alkanes) is 2. The van der Waals surface area contributed by atoms with Crippen molar-refractivity contribution in [1.29, 1.82) is 0 Å². The lowest BCUT2D eigenvalue weighted by atomic mass is 10.1. The smallest absolute Gasteiger partial charge is 0.253 e. The van der Waals surface area contributed by atoms with Gasteiger partial charge in [0.25, 0.3) is 23.6 Å². The lowest BCUT2D eigenvalue weighted by Crippen LogP contribution is -2.36. The standard InChI is InChI=1S/2C15H21N3O4S2.2CH2S2.3CH4.I2.P2S2/c2*1-16-10(14(22)15-23-24-15)4-2-3-8-17-11(19)7-9-18-12(20)5-6-13(18)21;2*1-2-3-1;;;;1-2;3-1-2-4/h2*5-6,10,15-16H,2-4,7-9H2,1H3,(H,17,19);2*1H2;3*1H4;;. The maximum Gasteiger partial charge on any atom is 0.253 e. The number of carbonyl (C=O) groups is 8. The number of imide groups is 2. The summed E-state index contributed by atoms with van der Waals surface area (Å²) < 4.78 is 0.181. The van der Waals surface area contributed by atoms with Crippen molar-refractivity contribution in [2.24, 2.45) is 0 Å². The topological polar surface area (TPSA) is 191 Å². The first-order chi connectivity index (χ1) is 29.0. The van der Waals surface area contributed by atoms with E-state index < -0.39 is 0 Å². The van der Waals surface area contributed by atoms with Crippen molar-refractivity contribution < 1.29 is 38.4 Å². The minimum absolute atomic E-state index is 0. The zero-order valence-corrected chi connectivity index (χ0v) is 46.7. The van der Waals surface area contributed by atoms with Crippen LogP contribution in [0.3, 0.4) is 0 Å². The Kier molecular flexibility index (Phi) is 47.1. The fourth-order valence-electron chi connectivity index (χ4n) is 4.74. The number of amides is 6. The average molecular weight is 1330 g/mol. The molecule has 4 N–H and O–H groups in total. The largest absolute Gasteiger partial charge is 0.356 e. The van der Waals surface area contributed by atoms with Crippen LogP contribution in [0.2, 0.25) is 0 Å². The van der Waals surface area contributed by atoms with E-state index in [0.717, 1.165) is 62.4 Å². The molecule has 0 bridgehead atoms. The quantitative estimate of drug-likeness (QED) is 0.0189. The van der Waals surface area contributed by atoms with Crippen molar-refractivity contribution in [3.8, 4) is 0 Å². The van der Waals surface area contributed by atoms with Crippen LogP contribution in [0.4, 0.5) is 0 Å². The van der Waals surface area contributed by atoms with Gasteiger partial charge in [0.2, 0.25) is 11.8 Å². The highest BCUT2D eigenvalue weighted by atomic mass is 128. The highest BCUT2D eigenvalue weighted by molar-refractivity contribution is 15.0. The zero-order valence-electron chi connectivity index (χ0n) is 32.4. The van der Waals surface area contributed by atoms with Crippen molar-refractivity contribution in [3.63, 3.8) is 0 Å². The molecule has 14 nitrogen and oxygen atoms in total. The third-order valence-corrected chi connectivity index (χ3v) is 16.5. The van der Waals surface area contributed by atoms with Crippen molar-refractivity contribution in [1.82, 2.24) is 31.1 Å². The van der Waals surface area contributed by atoms with Crippen LogP contribution in [0.5, 0.6) is 0 Å². The molecule has 0 aromatic rings. The summed E-state index contributed by atoms with van der Waals surface area (Å²) >= 11 is 13.1. The van der Waals surface area contributed by atoms with Gasteiger partial charge in [0.1, 0.15) is 9.16 Å². The second-order valence-corrected chi connectivity index (χ2v) is 27.4. The van der Waals surface area contributed by atoms with Gasteiger partial charge >= 0.3 is 0 Å². The van der Waals surface area contributed by atoms with Gasteiger partial charge in [-0.2, -0.15) is 0 Å². The van der Waals surface area contributed by atoms with Gasteiger partial charge in [-0.15, -0.1) is 0 Å². The molecule has 6 heterocycles. The van der Waals surface area contributed by atoms with Crippen molar-refractivity contribution in [3.05, 3.63) is 24.3 Å². The molecular formula is C35H58I2N6O8P2S10. The number of halogens is 2. The first-order valence-electron chi connectivity index (χ1n) is 17.9. The number of hydrogen-bond donors (Lipinski definition) is 4. The van der Waals surface area contributed by atoms with E-state index in [-0.39, 0.29) is 116 Å². The molecule has 6 aliphatic heterocycles. The number of ketones is 2. The van der Waals surface area contributed by atoms with E-state index in [1.165, 1.54) is 34.5 Å². The Bertz CT molecular complexity index is 1370. The molecule has 63 heavy (non-hydrogen) atoms. The average Bonchev–Trinajstić information content (AvgIpc) is 4.07. The fourth-order valence-corrected chi connectivity index (χ4v) is 7.36. The van der Waals surface area contributed by atoms with E-state index in [1.54, 1.807) is 57.3 Å². The van der Waals surface area contributed by atoms with Gasteiger partial charge < -0.3 is 21.3 Å². The molecule has 0 spiro atoms. The number of nitrogens with one attached hydrogen (secondary N) is 4. The van der Waals surface area contributed by atoms with E-state index in [4.69, 9.17) is 0 Å². The van der Waals surface area contributed by atoms with Gasteiger partial charge in [-0.1, -0.05) is 109 Å². The highest BCUT2D eigenvalue weighted by Gasteiger charge is 2.37. The van der Waals surface area contributed by atoms with Gasteiger partial charge in [-0.25, -0.2) is 0 Å². The van der Waals surface area contributed by atoms with Crippen LogP contribution < -0.4 is 21.3 Å². The molecule has 4 fully saturated rings. The lowest BCUT2D eigenvalue weighted by molar-refractivity contribution is -0.139. The normalized spacial score (nSPS) is 16.8. The number of hydrogen-bond acceptors (Lipinski definition) is 20. The van der Waals surface area contributed by atoms with E-state index in [2.05, 4.69) is 82.1 Å². The Morgan fingerprint density at radius 1 is 0.619 bits per heavy atom. The van der Waals surface area contributed by atoms with Crippen LogP contribution in [0.25, 0.3) is 0 Å². The minimum Gasteiger partial charge on any atom is -0.356 e. The Morgan fingerprint density at radius 3 is 1.13 bits per heavy atom. The molecule has 6 amide bonds. The SMILES string of the molecule is C.C.C.C1SS1.C1SS1.CNC(CCCCNC(=O)CCN1C(=O)C=CC1=O)C(=O)C1SS1.CNC(CCCCNC(=O)CCN1C(=O)C=CC1=O)C(=O)C1SS1.II.S=PP=S. The summed E-state index contributed by atoms with van der Waals surface area (Å²) in [5.41, 5.74) is 0. The molecule has 360 valence electrons. The summed E-state index contributed by atoms with van der Waals surface area (Å²) in [4.78, 5) is 94.8. The first kappa shape index (κ1) is 68.5. The van der Waals surface area contributed by atoms with Gasteiger partial charge in [0.05, 0.1) is 22.3 Å². The molecule has 0 saturated carbocycles. The van der Waals surface area contributed by atoms with Crippen LogP contribution in [0.1, 0.15) is 73.6 Å². The van der Waals surface area contributed by atoms with E-state index in [9.17, 15) is 38.4 Å². The molecule has 4 saturated heterocycles. The van der Waals surface area contributed by atoms with Gasteiger partial charge in [-0.05, 0) is 76.2 Å². The summed E-state index contributed by atoms with van der Waals surface area (Å²) in [6.07, 6.45) is 9.79. The van der Waals surface area contributed by atoms with Crippen molar-refractivity contribution in [2.45, 2.75) is 94.9 Å². The van der Waals surface area contributed by atoms with Crippen molar-refractivity contribution in [2.75, 3.05) is 50.4 Å².